The van der Waals surface area contributed by atoms with E-state index in [0.29, 0.717) is 0 Å². The number of fused-ring (bicyclic) bond motifs is 1. The number of aliphatic hydroxyl groups is 1. The molecule has 2 nitrogen and oxygen atoms in total. The van der Waals surface area contributed by atoms with Crippen LogP contribution in [0.15, 0.2) is 30.5 Å². The summed E-state index contributed by atoms with van der Waals surface area (Å²) in [6.45, 7) is 1.81. The highest BCUT2D eigenvalue weighted by Gasteiger charge is 2.02. The van der Waals surface area contributed by atoms with E-state index in [1.54, 1.807) is 0 Å². The van der Waals surface area contributed by atoms with Crippen molar-refractivity contribution in [3.05, 3.63) is 36.0 Å². The van der Waals surface area contributed by atoms with E-state index in [4.69, 9.17) is 0 Å². The van der Waals surface area contributed by atoms with Crippen molar-refractivity contribution >= 4 is 10.9 Å². The van der Waals surface area contributed by atoms with Crippen LogP contribution in [0.5, 0.6) is 0 Å². The summed E-state index contributed by atoms with van der Waals surface area (Å²) in [4.78, 5) is 0. The first kappa shape index (κ1) is 9.28. The number of nitrogens with zero attached hydrogens (tertiary/aromatic N) is 1. The van der Waals surface area contributed by atoms with E-state index in [2.05, 4.69) is 35.0 Å². The first-order valence-corrected chi connectivity index (χ1v) is 4.89. The van der Waals surface area contributed by atoms with Gasteiger partial charge in [-0.1, -0.05) is 6.07 Å². The molecule has 74 valence electrons. The normalized spacial score (nSPS) is 13.4. The van der Waals surface area contributed by atoms with Gasteiger partial charge in [0.1, 0.15) is 0 Å². The molecule has 1 aromatic heterocycles. The summed E-state index contributed by atoms with van der Waals surface area (Å²) in [5.74, 6) is 0. The van der Waals surface area contributed by atoms with E-state index in [-0.39, 0.29) is 6.10 Å². The summed E-state index contributed by atoms with van der Waals surface area (Å²) in [6, 6.07) is 8.42. The highest BCUT2D eigenvalue weighted by atomic mass is 16.3. The highest BCUT2D eigenvalue weighted by molar-refractivity contribution is 5.80. The minimum absolute atomic E-state index is 0.267. The number of rotatable bonds is 2. The largest absolute Gasteiger partial charge is 0.393 e. The molecule has 0 aliphatic carbocycles. The van der Waals surface area contributed by atoms with Crippen molar-refractivity contribution in [1.29, 1.82) is 0 Å². The van der Waals surface area contributed by atoms with Crippen LogP contribution in [-0.4, -0.2) is 15.8 Å². The molecule has 0 saturated carbocycles. The number of benzene rings is 1. The molecule has 0 aliphatic heterocycles. The van der Waals surface area contributed by atoms with Crippen molar-refractivity contribution in [1.82, 2.24) is 4.57 Å². The number of hydrogen-bond acceptors (Lipinski definition) is 1. The third kappa shape index (κ3) is 1.66. The third-order valence-electron chi connectivity index (χ3n) is 2.48. The average Bonchev–Trinajstić information content (AvgIpc) is 2.46. The second-order valence-corrected chi connectivity index (χ2v) is 3.87. The maximum Gasteiger partial charge on any atom is 0.0552 e. The zero-order valence-electron chi connectivity index (χ0n) is 8.57. The Balaban J connectivity index is 2.42. The van der Waals surface area contributed by atoms with E-state index in [1.165, 1.54) is 16.5 Å². The Morgan fingerprint density at radius 1 is 1.36 bits per heavy atom. The maximum absolute atomic E-state index is 9.28. The molecule has 2 heteroatoms. The quantitative estimate of drug-likeness (QED) is 0.769. The van der Waals surface area contributed by atoms with Crippen molar-refractivity contribution in [2.24, 2.45) is 7.05 Å². The van der Waals surface area contributed by atoms with Gasteiger partial charge >= 0.3 is 0 Å². The number of hydrogen-bond donors (Lipinski definition) is 1. The lowest BCUT2D eigenvalue weighted by Gasteiger charge is -2.04. The number of aliphatic hydroxyl groups excluding tert-OH is 1. The summed E-state index contributed by atoms with van der Waals surface area (Å²) in [6.07, 6.45) is 2.51. The van der Waals surface area contributed by atoms with Gasteiger partial charge in [0.05, 0.1) is 6.10 Å². The summed E-state index contributed by atoms with van der Waals surface area (Å²) in [7, 11) is 2.04. The Hall–Kier alpha value is -1.28. The summed E-state index contributed by atoms with van der Waals surface area (Å²) < 4.78 is 2.10. The molecule has 14 heavy (non-hydrogen) atoms. The van der Waals surface area contributed by atoms with Gasteiger partial charge in [-0.05, 0) is 42.5 Å². The van der Waals surface area contributed by atoms with E-state index in [0.717, 1.165) is 6.42 Å². The molecular weight excluding hydrogens is 174 g/mol. The van der Waals surface area contributed by atoms with Gasteiger partial charge in [0.2, 0.25) is 0 Å². The van der Waals surface area contributed by atoms with Crippen LogP contribution < -0.4 is 0 Å². The number of aromatic nitrogens is 1. The molecule has 1 heterocycles. The Labute approximate surface area is 83.8 Å². The molecule has 0 radical (unpaired) electrons. The smallest absolute Gasteiger partial charge is 0.0552 e. The Bertz CT molecular complexity index is 443. The fourth-order valence-corrected chi connectivity index (χ4v) is 1.80. The summed E-state index contributed by atoms with van der Waals surface area (Å²) in [5.41, 5.74) is 2.43. The van der Waals surface area contributed by atoms with Crippen LogP contribution in [0.25, 0.3) is 10.9 Å². The molecule has 0 aliphatic rings. The van der Waals surface area contributed by atoms with E-state index in [9.17, 15) is 5.11 Å². The van der Waals surface area contributed by atoms with Crippen LogP contribution in [0.2, 0.25) is 0 Å². The highest BCUT2D eigenvalue weighted by Crippen LogP contribution is 2.17. The van der Waals surface area contributed by atoms with Gasteiger partial charge in [-0.2, -0.15) is 0 Å². The van der Waals surface area contributed by atoms with Crippen LogP contribution in [0.3, 0.4) is 0 Å². The van der Waals surface area contributed by atoms with E-state index < -0.39 is 0 Å². The van der Waals surface area contributed by atoms with Crippen LogP contribution >= 0.6 is 0 Å². The van der Waals surface area contributed by atoms with Crippen molar-refractivity contribution in [3.8, 4) is 0 Å². The topological polar surface area (TPSA) is 25.2 Å². The predicted molar refractivity (Wildman–Crippen MR) is 58.3 cm³/mol. The molecule has 1 N–H and O–H groups in total. The van der Waals surface area contributed by atoms with Crippen LogP contribution in [-0.2, 0) is 13.5 Å². The van der Waals surface area contributed by atoms with Crippen molar-refractivity contribution in [2.75, 3.05) is 0 Å². The minimum Gasteiger partial charge on any atom is -0.393 e. The zero-order valence-corrected chi connectivity index (χ0v) is 8.57. The fraction of sp³-hybridized carbons (Fsp3) is 0.333. The van der Waals surface area contributed by atoms with E-state index >= 15 is 0 Å². The second-order valence-electron chi connectivity index (χ2n) is 3.87. The van der Waals surface area contributed by atoms with Gasteiger partial charge < -0.3 is 9.67 Å². The average molecular weight is 189 g/mol. The second kappa shape index (κ2) is 3.46. The maximum atomic E-state index is 9.28. The Morgan fingerprint density at radius 3 is 2.86 bits per heavy atom. The van der Waals surface area contributed by atoms with Crippen LogP contribution in [0.1, 0.15) is 12.5 Å². The molecule has 0 unspecified atom stereocenters. The monoisotopic (exact) mass is 189 g/mol. The van der Waals surface area contributed by atoms with E-state index in [1.807, 2.05) is 14.0 Å². The molecular formula is C12H15NO. The predicted octanol–water partition coefficient (Wildman–Crippen LogP) is 2.10. The molecule has 2 aromatic rings. The first-order valence-electron chi connectivity index (χ1n) is 4.89. The molecule has 0 amide bonds. The van der Waals surface area contributed by atoms with Crippen molar-refractivity contribution in [2.45, 2.75) is 19.4 Å². The molecule has 0 bridgehead atoms. The number of aryl methyl sites for hydroxylation is 1. The van der Waals surface area contributed by atoms with Crippen molar-refractivity contribution < 1.29 is 5.11 Å². The van der Waals surface area contributed by atoms with Gasteiger partial charge in [-0.3, -0.25) is 0 Å². The Morgan fingerprint density at radius 2 is 2.14 bits per heavy atom. The zero-order chi connectivity index (χ0) is 10.1. The third-order valence-corrected chi connectivity index (χ3v) is 2.48. The molecule has 1 atom stereocenters. The van der Waals surface area contributed by atoms with Gasteiger partial charge in [0, 0.05) is 18.8 Å². The van der Waals surface area contributed by atoms with Gasteiger partial charge in [-0.15, -0.1) is 0 Å². The SMILES string of the molecule is C[C@@H](O)Cc1ccc2c(ccn2C)c1. The summed E-state index contributed by atoms with van der Waals surface area (Å²) in [5, 5.41) is 10.5. The summed E-state index contributed by atoms with van der Waals surface area (Å²) >= 11 is 0. The lowest BCUT2D eigenvalue weighted by Crippen LogP contribution is -2.03. The first-order chi connectivity index (χ1) is 6.66. The van der Waals surface area contributed by atoms with Crippen LogP contribution in [0.4, 0.5) is 0 Å². The lowest BCUT2D eigenvalue weighted by atomic mass is 10.1. The lowest BCUT2D eigenvalue weighted by molar-refractivity contribution is 0.195. The Kier molecular flexibility index (Phi) is 2.30. The molecule has 2 rings (SSSR count). The molecule has 0 fully saturated rings. The van der Waals surface area contributed by atoms with Crippen LogP contribution in [0, 0.1) is 0 Å². The van der Waals surface area contributed by atoms with Gasteiger partial charge in [-0.25, -0.2) is 0 Å². The molecule has 0 saturated heterocycles. The minimum atomic E-state index is -0.267. The van der Waals surface area contributed by atoms with Gasteiger partial charge in [0.15, 0.2) is 0 Å². The molecule has 1 aromatic carbocycles. The standard InChI is InChI=1S/C12H15NO/c1-9(14)7-10-3-4-12-11(8-10)5-6-13(12)2/h3-6,8-9,14H,7H2,1-2H3/t9-/m1/s1. The van der Waals surface area contributed by atoms with Gasteiger partial charge in [0.25, 0.3) is 0 Å². The fourth-order valence-electron chi connectivity index (χ4n) is 1.80. The molecule has 0 spiro atoms. The van der Waals surface area contributed by atoms with Crippen molar-refractivity contribution in [3.63, 3.8) is 0 Å².